The molecule has 2 aromatic carbocycles. The fraction of sp³-hybridized carbons (Fsp3) is 0.318. The molecule has 0 N–H and O–H groups in total. The number of aromatic nitrogens is 2. The van der Waals surface area contributed by atoms with Crippen LogP contribution in [-0.4, -0.2) is 9.55 Å². The van der Waals surface area contributed by atoms with Gasteiger partial charge in [-0.2, -0.15) is 0 Å². The first-order valence-corrected chi connectivity index (χ1v) is 8.77. The lowest BCUT2D eigenvalue weighted by atomic mass is 9.92. The molecule has 0 aliphatic carbocycles. The summed E-state index contributed by atoms with van der Waals surface area (Å²) in [6.07, 6.45) is 4.86. The van der Waals surface area contributed by atoms with E-state index in [1.807, 2.05) is 6.20 Å². The lowest BCUT2D eigenvalue weighted by Gasteiger charge is -2.21. The van der Waals surface area contributed by atoms with Crippen LogP contribution in [0, 0.1) is 0 Å². The highest BCUT2D eigenvalue weighted by Gasteiger charge is 2.17. The van der Waals surface area contributed by atoms with E-state index in [-0.39, 0.29) is 0 Å². The van der Waals surface area contributed by atoms with Gasteiger partial charge in [-0.1, -0.05) is 76.2 Å². The number of benzene rings is 2. The summed E-state index contributed by atoms with van der Waals surface area (Å²) in [5.74, 6) is 2.05. The first-order valence-electron chi connectivity index (χ1n) is 8.77. The zero-order chi connectivity index (χ0) is 17.1. The van der Waals surface area contributed by atoms with Gasteiger partial charge in [0, 0.05) is 18.8 Å². The van der Waals surface area contributed by atoms with Crippen LogP contribution in [0.2, 0.25) is 0 Å². The average molecular weight is 318 g/mol. The third-order valence-electron chi connectivity index (χ3n) is 4.51. The molecule has 0 bridgehead atoms. The molecule has 0 aliphatic heterocycles. The normalized spacial score (nSPS) is 11.4. The quantitative estimate of drug-likeness (QED) is 0.589. The van der Waals surface area contributed by atoms with E-state index in [9.17, 15) is 0 Å². The van der Waals surface area contributed by atoms with Crippen molar-refractivity contribution in [3.63, 3.8) is 0 Å². The van der Waals surface area contributed by atoms with E-state index in [0.29, 0.717) is 11.8 Å². The maximum absolute atomic E-state index is 4.65. The van der Waals surface area contributed by atoms with Crippen LogP contribution in [0.25, 0.3) is 5.69 Å². The van der Waals surface area contributed by atoms with E-state index in [0.717, 1.165) is 12.2 Å². The molecule has 1 heterocycles. The molecule has 0 amide bonds. The van der Waals surface area contributed by atoms with Gasteiger partial charge in [0.1, 0.15) is 5.82 Å². The predicted octanol–water partition coefficient (Wildman–Crippen LogP) is 5.71. The Bertz CT molecular complexity index is 772. The summed E-state index contributed by atoms with van der Waals surface area (Å²) in [4.78, 5) is 4.65. The van der Waals surface area contributed by atoms with Crippen molar-refractivity contribution in [3.8, 4) is 5.69 Å². The van der Waals surface area contributed by atoms with Gasteiger partial charge in [-0.25, -0.2) is 4.98 Å². The first kappa shape index (κ1) is 16.5. The van der Waals surface area contributed by atoms with Gasteiger partial charge in [0.2, 0.25) is 0 Å². The number of para-hydroxylation sites is 1. The standard InChI is InChI=1S/C22H26N2/c1-16(2)19-11-8-12-20(17(3)4)22(19)24-14-13-23-21(24)15-18-9-6-5-7-10-18/h5-14,16-17H,15H2,1-4H3. The van der Waals surface area contributed by atoms with Crippen LogP contribution in [0.1, 0.15) is 62.0 Å². The molecule has 2 nitrogen and oxygen atoms in total. The van der Waals surface area contributed by atoms with Crippen LogP contribution in [0.3, 0.4) is 0 Å². The van der Waals surface area contributed by atoms with E-state index in [4.69, 9.17) is 0 Å². The molecule has 3 rings (SSSR count). The van der Waals surface area contributed by atoms with E-state index >= 15 is 0 Å². The third kappa shape index (κ3) is 3.28. The highest BCUT2D eigenvalue weighted by atomic mass is 15.1. The summed E-state index contributed by atoms with van der Waals surface area (Å²) >= 11 is 0. The van der Waals surface area contributed by atoms with Gasteiger partial charge < -0.3 is 4.57 Å². The van der Waals surface area contributed by atoms with Crippen molar-refractivity contribution in [1.29, 1.82) is 0 Å². The molecular weight excluding hydrogens is 292 g/mol. The number of hydrogen-bond donors (Lipinski definition) is 0. The van der Waals surface area contributed by atoms with Crippen LogP contribution < -0.4 is 0 Å². The molecule has 3 aromatic rings. The third-order valence-corrected chi connectivity index (χ3v) is 4.51. The van der Waals surface area contributed by atoms with Crippen molar-refractivity contribution >= 4 is 0 Å². The number of hydrogen-bond acceptors (Lipinski definition) is 1. The van der Waals surface area contributed by atoms with Crippen LogP contribution in [0.15, 0.2) is 60.9 Å². The van der Waals surface area contributed by atoms with Gasteiger partial charge in [0.25, 0.3) is 0 Å². The predicted molar refractivity (Wildman–Crippen MR) is 101 cm³/mol. The fourth-order valence-corrected chi connectivity index (χ4v) is 3.24. The molecule has 0 spiro atoms. The minimum absolute atomic E-state index is 0.477. The molecule has 0 fully saturated rings. The van der Waals surface area contributed by atoms with Crippen molar-refractivity contribution in [2.75, 3.05) is 0 Å². The number of nitrogens with zero attached hydrogens (tertiary/aromatic N) is 2. The van der Waals surface area contributed by atoms with Crippen LogP contribution >= 0.6 is 0 Å². The maximum atomic E-state index is 4.65. The summed E-state index contributed by atoms with van der Waals surface area (Å²) in [7, 11) is 0. The lowest BCUT2D eigenvalue weighted by molar-refractivity contribution is 0.790. The van der Waals surface area contributed by atoms with Crippen molar-refractivity contribution in [2.45, 2.75) is 46.0 Å². The second kappa shape index (κ2) is 7.04. The van der Waals surface area contributed by atoms with Crippen LogP contribution in [-0.2, 0) is 6.42 Å². The van der Waals surface area contributed by atoms with Gasteiger partial charge in [0.15, 0.2) is 0 Å². The zero-order valence-electron chi connectivity index (χ0n) is 15.0. The second-order valence-electron chi connectivity index (χ2n) is 6.97. The van der Waals surface area contributed by atoms with Gasteiger partial charge >= 0.3 is 0 Å². The lowest BCUT2D eigenvalue weighted by Crippen LogP contribution is -2.09. The molecule has 0 unspecified atom stereocenters. The minimum atomic E-state index is 0.477. The second-order valence-corrected chi connectivity index (χ2v) is 6.97. The average Bonchev–Trinajstić information content (AvgIpc) is 3.02. The minimum Gasteiger partial charge on any atom is -0.303 e. The summed E-state index contributed by atoms with van der Waals surface area (Å²) in [6, 6.07) is 17.2. The molecule has 0 atom stereocenters. The van der Waals surface area contributed by atoms with E-state index in [1.54, 1.807) is 0 Å². The molecule has 24 heavy (non-hydrogen) atoms. The van der Waals surface area contributed by atoms with Gasteiger partial charge in [-0.3, -0.25) is 0 Å². The Morgan fingerprint density at radius 3 is 2.04 bits per heavy atom. The van der Waals surface area contributed by atoms with Crippen molar-refractivity contribution in [1.82, 2.24) is 9.55 Å². The van der Waals surface area contributed by atoms with Crippen molar-refractivity contribution < 1.29 is 0 Å². The van der Waals surface area contributed by atoms with Crippen molar-refractivity contribution in [3.05, 3.63) is 83.4 Å². The Labute approximate surface area is 145 Å². The monoisotopic (exact) mass is 318 g/mol. The molecular formula is C22H26N2. The van der Waals surface area contributed by atoms with E-state index in [2.05, 4.69) is 92.0 Å². The molecule has 124 valence electrons. The van der Waals surface area contributed by atoms with Crippen molar-refractivity contribution in [2.24, 2.45) is 0 Å². The van der Waals surface area contributed by atoms with Crippen LogP contribution in [0.5, 0.6) is 0 Å². The Kier molecular flexibility index (Phi) is 4.84. The Balaban J connectivity index is 2.12. The smallest absolute Gasteiger partial charge is 0.117 e. The molecule has 0 radical (unpaired) electrons. The Morgan fingerprint density at radius 2 is 1.46 bits per heavy atom. The topological polar surface area (TPSA) is 17.8 Å². The Hall–Kier alpha value is -2.35. The van der Waals surface area contributed by atoms with E-state index in [1.165, 1.54) is 22.4 Å². The van der Waals surface area contributed by atoms with Crippen LogP contribution in [0.4, 0.5) is 0 Å². The van der Waals surface area contributed by atoms with E-state index < -0.39 is 0 Å². The number of imidazole rings is 1. The molecule has 0 aliphatic rings. The first-order chi connectivity index (χ1) is 11.6. The van der Waals surface area contributed by atoms with Gasteiger partial charge in [-0.05, 0) is 28.5 Å². The summed E-state index contributed by atoms with van der Waals surface area (Å²) in [6.45, 7) is 9.04. The summed E-state index contributed by atoms with van der Waals surface area (Å²) in [5.41, 5.74) is 5.37. The Morgan fingerprint density at radius 1 is 0.833 bits per heavy atom. The highest BCUT2D eigenvalue weighted by molar-refractivity contribution is 5.52. The molecule has 1 aromatic heterocycles. The fourth-order valence-electron chi connectivity index (χ4n) is 3.24. The van der Waals surface area contributed by atoms with Gasteiger partial charge in [-0.15, -0.1) is 0 Å². The highest BCUT2D eigenvalue weighted by Crippen LogP contribution is 2.32. The SMILES string of the molecule is CC(C)c1cccc(C(C)C)c1-n1ccnc1Cc1ccccc1. The molecule has 0 saturated heterocycles. The molecule has 0 saturated carbocycles. The summed E-state index contributed by atoms with van der Waals surface area (Å²) in [5, 5.41) is 0. The number of rotatable bonds is 5. The summed E-state index contributed by atoms with van der Waals surface area (Å²) < 4.78 is 2.29. The maximum Gasteiger partial charge on any atom is 0.117 e. The molecule has 2 heteroatoms. The van der Waals surface area contributed by atoms with Gasteiger partial charge in [0.05, 0.1) is 5.69 Å². The largest absolute Gasteiger partial charge is 0.303 e. The zero-order valence-corrected chi connectivity index (χ0v) is 15.0.